The van der Waals surface area contributed by atoms with Gasteiger partial charge in [0.25, 0.3) is 0 Å². The second-order valence-electron chi connectivity index (χ2n) is 6.64. The van der Waals surface area contributed by atoms with Crippen LogP contribution in [0.3, 0.4) is 0 Å². The number of nitrogens with zero attached hydrogens (tertiary/aromatic N) is 2. The predicted molar refractivity (Wildman–Crippen MR) is 112 cm³/mol. The molecule has 3 heterocycles. The van der Waals surface area contributed by atoms with Gasteiger partial charge in [0.1, 0.15) is 5.01 Å². The van der Waals surface area contributed by atoms with Crippen molar-refractivity contribution < 1.29 is 0 Å². The molecule has 0 fully saturated rings. The summed E-state index contributed by atoms with van der Waals surface area (Å²) in [5, 5.41) is 10.5. The SMILES string of the molecule is c1ccc2[nH]c(-c3ccc4nc(-c5ccc6cn[nH]c6c5)sc4c3)cc2c1. The molecule has 0 aliphatic heterocycles. The molecule has 0 aliphatic rings. The van der Waals surface area contributed by atoms with Crippen LogP contribution >= 0.6 is 11.3 Å². The van der Waals surface area contributed by atoms with Crippen molar-refractivity contribution in [2.24, 2.45) is 0 Å². The number of benzene rings is 3. The van der Waals surface area contributed by atoms with E-state index in [-0.39, 0.29) is 0 Å². The standard InChI is InChI=1S/C22H14N4S/c1-2-4-17-13(3-1)9-19(24-17)14-7-8-18-21(11-14)27-22(25-18)15-5-6-16-12-23-26-20(16)10-15/h1-12,24H,(H,23,26). The third-order valence-corrected chi connectivity index (χ3v) is 5.99. The zero-order valence-corrected chi connectivity index (χ0v) is 15.0. The van der Waals surface area contributed by atoms with Gasteiger partial charge in [-0.1, -0.05) is 36.4 Å². The van der Waals surface area contributed by atoms with Crippen molar-refractivity contribution in [3.63, 3.8) is 0 Å². The number of aromatic amines is 2. The van der Waals surface area contributed by atoms with Gasteiger partial charge in [-0.05, 0) is 35.9 Å². The highest BCUT2D eigenvalue weighted by molar-refractivity contribution is 7.21. The molecule has 128 valence electrons. The molecule has 0 aliphatic carbocycles. The topological polar surface area (TPSA) is 57.4 Å². The Bertz CT molecular complexity index is 1400. The molecule has 4 nitrogen and oxygen atoms in total. The van der Waals surface area contributed by atoms with Crippen LogP contribution in [0.4, 0.5) is 0 Å². The van der Waals surface area contributed by atoms with Gasteiger partial charge in [-0.25, -0.2) is 4.98 Å². The molecule has 6 aromatic rings. The molecule has 0 radical (unpaired) electrons. The minimum absolute atomic E-state index is 1.02. The molecule has 0 atom stereocenters. The van der Waals surface area contributed by atoms with Crippen LogP contribution in [0.5, 0.6) is 0 Å². The van der Waals surface area contributed by atoms with Crippen molar-refractivity contribution in [2.75, 3.05) is 0 Å². The molecule has 5 heteroatoms. The van der Waals surface area contributed by atoms with Crippen LogP contribution in [0.2, 0.25) is 0 Å². The van der Waals surface area contributed by atoms with Gasteiger partial charge in [0.15, 0.2) is 0 Å². The fourth-order valence-corrected chi connectivity index (χ4v) is 4.52. The normalized spacial score (nSPS) is 11.7. The Morgan fingerprint density at radius 1 is 0.778 bits per heavy atom. The Morgan fingerprint density at radius 2 is 1.70 bits per heavy atom. The van der Waals surface area contributed by atoms with E-state index in [1.807, 2.05) is 6.20 Å². The first-order valence-electron chi connectivity index (χ1n) is 8.76. The smallest absolute Gasteiger partial charge is 0.124 e. The van der Waals surface area contributed by atoms with E-state index in [0.29, 0.717) is 0 Å². The average Bonchev–Trinajstić information content (AvgIpc) is 3.42. The highest BCUT2D eigenvalue weighted by atomic mass is 32.1. The molecule has 6 rings (SSSR count). The van der Waals surface area contributed by atoms with Gasteiger partial charge in [-0.3, -0.25) is 5.10 Å². The maximum Gasteiger partial charge on any atom is 0.124 e. The summed E-state index contributed by atoms with van der Waals surface area (Å²) in [7, 11) is 0. The van der Waals surface area contributed by atoms with E-state index in [2.05, 4.69) is 81.9 Å². The fourth-order valence-electron chi connectivity index (χ4n) is 3.51. The van der Waals surface area contributed by atoms with Crippen molar-refractivity contribution in [2.45, 2.75) is 0 Å². The quantitative estimate of drug-likeness (QED) is 0.395. The lowest BCUT2D eigenvalue weighted by atomic mass is 10.1. The van der Waals surface area contributed by atoms with Crippen molar-refractivity contribution >= 4 is 43.4 Å². The molecule has 0 amide bonds. The van der Waals surface area contributed by atoms with Gasteiger partial charge < -0.3 is 4.98 Å². The number of H-pyrrole nitrogens is 2. The second-order valence-corrected chi connectivity index (χ2v) is 7.67. The van der Waals surface area contributed by atoms with Crippen LogP contribution in [0.25, 0.3) is 53.9 Å². The van der Waals surface area contributed by atoms with Gasteiger partial charge in [-0.15, -0.1) is 11.3 Å². The zero-order chi connectivity index (χ0) is 17.8. The molecular weight excluding hydrogens is 352 g/mol. The summed E-state index contributed by atoms with van der Waals surface area (Å²) in [6, 6.07) is 23.3. The number of thiazole rings is 1. The number of nitrogens with one attached hydrogen (secondary N) is 2. The van der Waals surface area contributed by atoms with Gasteiger partial charge >= 0.3 is 0 Å². The molecule has 0 saturated carbocycles. The monoisotopic (exact) mass is 366 g/mol. The highest BCUT2D eigenvalue weighted by Gasteiger charge is 2.10. The highest BCUT2D eigenvalue weighted by Crippen LogP contribution is 2.34. The molecule has 0 bridgehead atoms. The molecule has 27 heavy (non-hydrogen) atoms. The van der Waals surface area contributed by atoms with E-state index in [9.17, 15) is 0 Å². The number of rotatable bonds is 2. The lowest BCUT2D eigenvalue weighted by Gasteiger charge is -1.97. The van der Waals surface area contributed by atoms with Gasteiger partial charge in [-0.2, -0.15) is 5.10 Å². The Labute approximate surface area is 158 Å². The van der Waals surface area contributed by atoms with Gasteiger partial charge in [0.05, 0.1) is 21.9 Å². The molecule has 0 saturated heterocycles. The summed E-state index contributed by atoms with van der Waals surface area (Å²) in [5.74, 6) is 0. The van der Waals surface area contributed by atoms with Crippen LogP contribution in [-0.2, 0) is 0 Å². The first kappa shape index (κ1) is 14.7. The average molecular weight is 366 g/mol. The summed E-state index contributed by atoms with van der Waals surface area (Å²) in [6.45, 7) is 0. The van der Waals surface area contributed by atoms with E-state index < -0.39 is 0 Å². The van der Waals surface area contributed by atoms with Crippen LogP contribution in [0.15, 0.2) is 72.9 Å². The largest absolute Gasteiger partial charge is 0.355 e. The van der Waals surface area contributed by atoms with E-state index in [4.69, 9.17) is 4.98 Å². The number of hydrogen-bond donors (Lipinski definition) is 2. The third-order valence-electron chi connectivity index (χ3n) is 4.92. The molecule has 3 aromatic carbocycles. The molecule has 3 aromatic heterocycles. The minimum Gasteiger partial charge on any atom is -0.355 e. The van der Waals surface area contributed by atoms with E-state index in [1.54, 1.807) is 11.3 Å². The maximum atomic E-state index is 4.83. The summed E-state index contributed by atoms with van der Waals surface area (Å²) >= 11 is 1.72. The first-order chi connectivity index (χ1) is 13.3. The first-order valence-corrected chi connectivity index (χ1v) is 9.57. The number of aromatic nitrogens is 4. The van der Waals surface area contributed by atoms with Gasteiger partial charge in [0, 0.05) is 27.5 Å². The summed E-state index contributed by atoms with van der Waals surface area (Å²) < 4.78 is 1.19. The summed E-state index contributed by atoms with van der Waals surface area (Å²) in [5.41, 5.74) is 6.64. The lowest BCUT2D eigenvalue weighted by Crippen LogP contribution is -1.78. The fraction of sp³-hybridized carbons (Fsp3) is 0. The second kappa shape index (κ2) is 5.53. The zero-order valence-electron chi connectivity index (χ0n) is 14.2. The number of para-hydroxylation sites is 1. The van der Waals surface area contributed by atoms with Crippen molar-refractivity contribution in [3.8, 4) is 21.8 Å². The van der Waals surface area contributed by atoms with Crippen LogP contribution < -0.4 is 0 Å². The summed E-state index contributed by atoms with van der Waals surface area (Å²) in [4.78, 5) is 8.33. The van der Waals surface area contributed by atoms with Gasteiger partial charge in [0.2, 0.25) is 0 Å². The molecular formula is C22H14N4S. The Morgan fingerprint density at radius 3 is 2.67 bits per heavy atom. The number of hydrogen-bond acceptors (Lipinski definition) is 3. The van der Waals surface area contributed by atoms with Crippen molar-refractivity contribution in [1.82, 2.24) is 20.2 Å². The molecule has 0 unspecified atom stereocenters. The minimum atomic E-state index is 1.02. The maximum absolute atomic E-state index is 4.83. The van der Waals surface area contributed by atoms with Crippen molar-refractivity contribution in [1.29, 1.82) is 0 Å². The Balaban J connectivity index is 1.46. The van der Waals surface area contributed by atoms with E-state index in [0.717, 1.165) is 38.2 Å². The Kier molecular flexibility index (Phi) is 3.01. The predicted octanol–water partition coefficient (Wildman–Crippen LogP) is 5.99. The van der Waals surface area contributed by atoms with E-state index >= 15 is 0 Å². The van der Waals surface area contributed by atoms with Crippen LogP contribution in [-0.4, -0.2) is 20.2 Å². The van der Waals surface area contributed by atoms with Crippen molar-refractivity contribution in [3.05, 3.63) is 72.9 Å². The lowest BCUT2D eigenvalue weighted by molar-refractivity contribution is 1.12. The third kappa shape index (κ3) is 2.36. The van der Waals surface area contributed by atoms with Crippen LogP contribution in [0.1, 0.15) is 0 Å². The van der Waals surface area contributed by atoms with Crippen LogP contribution in [0, 0.1) is 0 Å². The van der Waals surface area contributed by atoms with E-state index in [1.165, 1.54) is 15.6 Å². The summed E-state index contributed by atoms with van der Waals surface area (Å²) in [6.07, 6.45) is 1.84. The Hall–Kier alpha value is -3.44. The molecule has 0 spiro atoms. The number of fused-ring (bicyclic) bond motifs is 3. The molecule has 2 N–H and O–H groups in total.